The van der Waals surface area contributed by atoms with Crippen LogP contribution in [-0.4, -0.2) is 40.2 Å². The highest BCUT2D eigenvalue weighted by Gasteiger charge is 2.24. The third kappa shape index (κ3) is 3.78. The van der Waals surface area contributed by atoms with Crippen molar-refractivity contribution in [3.05, 3.63) is 75.7 Å². The molecule has 0 spiro atoms. The van der Waals surface area contributed by atoms with Gasteiger partial charge in [-0.25, -0.2) is 4.68 Å². The van der Waals surface area contributed by atoms with Gasteiger partial charge < -0.3 is 9.64 Å². The quantitative estimate of drug-likeness (QED) is 0.634. The molecule has 0 saturated heterocycles. The van der Waals surface area contributed by atoms with Gasteiger partial charge in [0.25, 0.3) is 11.5 Å². The zero-order valence-electron chi connectivity index (χ0n) is 16.0. The summed E-state index contributed by atoms with van der Waals surface area (Å²) in [5, 5.41) is 5.03. The fraction of sp³-hybridized carbons (Fsp3) is 0.238. The molecular weight excluding hydrogens is 358 g/mol. The topological polar surface area (TPSA) is 81.5 Å². The van der Waals surface area contributed by atoms with Gasteiger partial charge in [-0.2, -0.15) is 5.10 Å². The van der Waals surface area contributed by atoms with Crippen molar-refractivity contribution in [3.63, 3.8) is 0 Å². The zero-order chi connectivity index (χ0) is 20.3. The Hall–Kier alpha value is -3.48. The first-order valence-corrected chi connectivity index (χ1v) is 8.79. The Morgan fingerprint density at radius 1 is 1.07 bits per heavy atom. The lowest BCUT2D eigenvalue weighted by Gasteiger charge is -2.23. The van der Waals surface area contributed by atoms with Gasteiger partial charge in [0.2, 0.25) is 0 Å². The minimum atomic E-state index is -0.531. The lowest BCUT2D eigenvalue weighted by Crippen LogP contribution is -2.37. The van der Waals surface area contributed by atoms with Crippen molar-refractivity contribution in [1.82, 2.24) is 14.7 Å². The number of hydrogen-bond acceptors (Lipinski definition) is 5. The SMILES string of the molecule is COC(=O)CN(Cc1ccccc1C)C(=O)c1nn(C)c(=O)c2ccccc12. The molecule has 0 aliphatic carbocycles. The van der Waals surface area contributed by atoms with E-state index in [4.69, 9.17) is 4.74 Å². The van der Waals surface area contributed by atoms with Gasteiger partial charge in [0, 0.05) is 19.0 Å². The lowest BCUT2D eigenvalue weighted by atomic mass is 10.1. The van der Waals surface area contributed by atoms with E-state index in [-0.39, 0.29) is 24.3 Å². The molecule has 0 aliphatic heterocycles. The molecule has 0 atom stereocenters. The van der Waals surface area contributed by atoms with Gasteiger partial charge in [0.05, 0.1) is 12.5 Å². The van der Waals surface area contributed by atoms with E-state index in [1.807, 2.05) is 31.2 Å². The highest BCUT2D eigenvalue weighted by molar-refractivity contribution is 6.05. The third-order valence-corrected chi connectivity index (χ3v) is 4.62. The number of esters is 1. The maximum absolute atomic E-state index is 13.3. The second-order valence-corrected chi connectivity index (χ2v) is 6.49. The standard InChI is InChI=1S/C21H21N3O4/c1-14-8-4-5-9-15(14)12-24(13-18(25)28-3)21(27)19-16-10-6-7-11-17(16)20(26)23(2)22-19/h4-11H,12-13H2,1-3H3. The van der Waals surface area contributed by atoms with Crippen LogP contribution in [0.5, 0.6) is 0 Å². The fourth-order valence-electron chi connectivity index (χ4n) is 3.02. The Morgan fingerprint density at radius 2 is 1.71 bits per heavy atom. The fourth-order valence-corrected chi connectivity index (χ4v) is 3.02. The molecule has 0 bridgehead atoms. The molecule has 0 radical (unpaired) electrons. The maximum Gasteiger partial charge on any atom is 0.325 e. The largest absolute Gasteiger partial charge is 0.468 e. The molecule has 7 heteroatoms. The number of methoxy groups -OCH3 is 1. The summed E-state index contributed by atoms with van der Waals surface area (Å²) in [5.74, 6) is -0.975. The van der Waals surface area contributed by atoms with Gasteiger partial charge in [-0.15, -0.1) is 0 Å². The van der Waals surface area contributed by atoms with Crippen LogP contribution in [0.3, 0.4) is 0 Å². The molecule has 0 saturated carbocycles. The lowest BCUT2D eigenvalue weighted by molar-refractivity contribution is -0.141. The summed E-state index contributed by atoms with van der Waals surface area (Å²) in [5.41, 5.74) is 1.75. The van der Waals surface area contributed by atoms with Gasteiger partial charge in [0.1, 0.15) is 6.54 Å². The van der Waals surface area contributed by atoms with Crippen molar-refractivity contribution >= 4 is 22.6 Å². The predicted molar refractivity (Wildman–Crippen MR) is 105 cm³/mol. The number of amides is 1. The van der Waals surface area contributed by atoms with Crippen molar-refractivity contribution in [2.45, 2.75) is 13.5 Å². The van der Waals surface area contributed by atoms with Crippen molar-refractivity contribution in [1.29, 1.82) is 0 Å². The molecule has 3 aromatic rings. The van der Waals surface area contributed by atoms with Crippen molar-refractivity contribution in [3.8, 4) is 0 Å². The van der Waals surface area contributed by atoms with E-state index in [2.05, 4.69) is 5.10 Å². The van der Waals surface area contributed by atoms with E-state index in [0.717, 1.165) is 15.8 Å². The number of aryl methyl sites for hydroxylation is 2. The smallest absolute Gasteiger partial charge is 0.325 e. The highest BCUT2D eigenvalue weighted by Crippen LogP contribution is 2.18. The number of benzene rings is 2. The number of carbonyl (C=O) groups excluding carboxylic acids is 2. The third-order valence-electron chi connectivity index (χ3n) is 4.62. The molecule has 0 unspecified atom stereocenters. The Morgan fingerprint density at radius 3 is 2.39 bits per heavy atom. The Kier molecular flexibility index (Phi) is 5.54. The summed E-state index contributed by atoms with van der Waals surface area (Å²) >= 11 is 0. The average molecular weight is 379 g/mol. The molecular formula is C21H21N3O4. The van der Waals surface area contributed by atoms with Crippen LogP contribution in [0.4, 0.5) is 0 Å². The number of fused-ring (bicyclic) bond motifs is 1. The second kappa shape index (κ2) is 8.04. The highest BCUT2D eigenvalue weighted by atomic mass is 16.5. The summed E-state index contributed by atoms with van der Waals surface area (Å²) in [4.78, 5) is 39.0. The van der Waals surface area contributed by atoms with Crippen molar-refractivity contribution < 1.29 is 14.3 Å². The van der Waals surface area contributed by atoms with Crippen LogP contribution >= 0.6 is 0 Å². The van der Waals surface area contributed by atoms with E-state index in [1.165, 1.54) is 19.1 Å². The molecule has 0 aliphatic rings. The van der Waals surface area contributed by atoms with Crippen molar-refractivity contribution in [2.75, 3.05) is 13.7 Å². The first-order valence-electron chi connectivity index (χ1n) is 8.79. The van der Waals surface area contributed by atoms with E-state index in [9.17, 15) is 14.4 Å². The number of rotatable bonds is 5. The van der Waals surface area contributed by atoms with E-state index in [1.54, 1.807) is 24.3 Å². The van der Waals surface area contributed by atoms with E-state index in [0.29, 0.717) is 10.8 Å². The summed E-state index contributed by atoms with van der Waals surface area (Å²) in [6, 6.07) is 14.4. The molecule has 1 amide bonds. The molecule has 0 N–H and O–H groups in total. The first-order chi connectivity index (χ1) is 13.4. The maximum atomic E-state index is 13.3. The number of carbonyl (C=O) groups is 2. The molecule has 3 rings (SSSR count). The first kappa shape index (κ1) is 19.3. The molecule has 1 heterocycles. The summed E-state index contributed by atoms with van der Waals surface area (Å²) in [7, 11) is 2.77. The van der Waals surface area contributed by atoms with Crippen LogP contribution < -0.4 is 5.56 Å². The molecule has 7 nitrogen and oxygen atoms in total. The molecule has 2 aromatic carbocycles. The van der Waals surface area contributed by atoms with Gasteiger partial charge >= 0.3 is 5.97 Å². The molecule has 144 valence electrons. The summed E-state index contributed by atoms with van der Waals surface area (Å²) < 4.78 is 5.90. The van der Waals surface area contributed by atoms with Crippen LogP contribution in [0.1, 0.15) is 21.6 Å². The van der Waals surface area contributed by atoms with Crippen LogP contribution in [-0.2, 0) is 23.1 Å². The normalized spacial score (nSPS) is 10.7. The summed E-state index contributed by atoms with van der Waals surface area (Å²) in [6.07, 6.45) is 0. The van der Waals surface area contributed by atoms with Gasteiger partial charge in [-0.3, -0.25) is 14.4 Å². The second-order valence-electron chi connectivity index (χ2n) is 6.49. The Balaban J connectivity index is 2.08. The zero-order valence-corrected chi connectivity index (χ0v) is 16.0. The Labute approximate surface area is 162 Å². The van der Waals surface area contributed by atoms with Crippen LogP contribution in [0.15, 0.2) is 53.3 Å². The van der Waals surface area contributed by atoms with E-state index < -0.39 is 11.9 Å². The Bertz CT molecular complexity index is 1100. The average Bonchev–Trinajstić information content (AvgIpc) is 2.71. The van der Waals surface area contributed by atoms with Crippen LogP contribution in [0, 0.1) is 6.92 Å². The van der Waals surface area contributed by atoms with Crippen LogP contribution in [0.2, 0.25) is 0 Å². The molecule has 28 heavy (non-hydrogen) atoms. The van der Waals surface area contributed by atoms with Gasteiger partial charge in [0.15, 0.2) is 5.69 Å². The minimum absolute atomic E-state index is 0.121. The van der Waals surface area contributed by atoms with E-state index >= 15 is 0 Å². The monoisotopic (exact) mass is 379 g/mol. The van der Waals surface area contributed by atoms with Crippen LogP contribution in [0.25, 0.3) is 10.8 Å². The van der Waals surface area contributed by atoms with Gasteiger partial charge in [-0.05, 0) is 24.1 Å². The van der Waals surface area contributed by atoms with Gasteiger partial charge in [-0.1, -0.05) is 42.5 Å². The number of aromatic nitrogens is 2. The predicted octanol–water partition coefficient (Wildman–Crippen LogP) is 2.06. The summed E-state index contributed by atoms with van der Waals surface area (Å²) in [6.45, 7) is 1.94. The number of ether oxygens (including phenoxy) is 1. The number of hydrogen-bond donors (Lipinski definition) is 0. The molecule has 1 aromatic heterocycles. The number of nitrogens with zero attached hydrogens (tertiary/aromatic N) is 3. The molecule has 0 fully saturated rings. The van der Waals surface area contributed by atoms with Crippen molar-refractivity contribution in [2.24, 2.45) is 7.05 Å². The minimum Gasteiger partial charge on any atom is -0.468 e.